The van der Waals surface area contributed by atoms with Gasteiger partial charge in [0.25, 0.3) is 0 Å². The summed E-state index contributed by atoms with van der Waals surface area (Å²) in [6.07, 6.45) is 0. The van der Waals surface area contributed by atoms with E-state index < -0.39 is 0 Å². The molecule has 32 aromatic carbocycles. The highest BCUT2D eigenvalue weighted by atomic mass is 15.0. The second kappa shape index (κ2) is 6.01. The molecule has 0 aliphatic heterocycles. The lowest BCUT2D eigenvalue weighted by Gasteiger charge is -2.25. The van der Waals surface area contributed by atoms with Crippen LogP contribution in [0, 0.1) is 0 Å². The molecule has 1 aromatic heterocycles. The number of benzene rings is 21. The molecule has 0 unspecified atom stereocenters. The molecular weight excluding hydrogens is 855 g/mol. The average Bonchev–Trinajstić information content (AvgIpc) is 4.44. The molecule has 0 N–H and O–H groups in total. The van der Waals surface area contributed by atoms with Gasteiger partial charge < -0.3 is 4.57 Å². The third-order valence-corrected chi connectivity index (χ3v) is 24.7. The Balaban J connectivity index is 1.21. The van der Waals surface area contributed by atoms with Crippen LogP contribution in [0.1, 0.15) is 0 Å². The molecule has 1 nitrogen and oxygen atoms in total. The van der Waals surface area contributed by atoms with Crippen molar-refractivity contribution in [1.29, 1.82) is 0 Å². The van der Waals surface area contributed by atoms with E-state index in [4.69, 9.17) is 0 Å². The highest BCUT2D eigenvalue weighted by Crippen LogP contribution is 2.80. The molecule has 0 saturated heterocycles. The second-order valence-electron chi connectivity index (χ2n) is 25.3. The molecule has 0 amide bonds. The molecule has 0 aliphatic carbocycles. The van der Waals surface area contributed by atoms with Gasteiger partial charge in [0.2, 0.25) is 0 Å². The van der Waals surface area contributed by atoms with Crippen LogP contribution in [0.5, 0.6) is 0 Å². The van der Waals surface area contributed by atoms with Gasteiger partial charge in [0, 0.05) is 318 Å². The standard InChI is InChI=1S/C70H7N/c1-2-6-9-8(4-1)5-3-7-10(9)71-69-65-58-51-39-31-22-13-11-12-14-17(13)26-33(31)41-42-34(26)32-23(14)25-21-16(12)19-18-15(11)20-24(22)37(39)45-43-29(20)27(18)35-36-28(19)30(21)44-46-38(25)40(32)52-54(42)63(62(65)53(41)51)66-59(52)57(46)61-50(44)48(36)55-47(35)49(43)60(56(45)58)67(69)64(55)68(61)70(66)71/h1-7H. The van der Waals surface area contributed by atoms with E-state index in [0.717, 1.165) is 0 Å². The first-order chi connectivity index (χ1) is 35.5. The van der Waals surface area contributed by atoms with Crippen LogP contribution in [-0.2, 0) is 0 Å². The number of pyridine rings is 1. The minimum atomic E-state index is 1.33. The van der Waals surface area contributed by atoms with Crippen molar-refractivity contribution in [2.75, 3.05) is 0 Å². The summed E-state index contributed by atoms with van der Waals surface area (Å²) in [7, 11) is 0. The lowest BCUT2D eigenvalue weighted by molar-refractivity contribution is 1.20. The Hall–Kier alpha value is -9.30. The lowest BCUT2D eigenvalue weighted by Crippen LogP contribution is -2.04. The quantitative estimate of drug-likeness (QED) is 0.114. The first-order valence-corrected chi connectivity index (χ1v) is 26.2. The van der Waals surface area contributed by atoms with Crippen LogP contribution in [0.4, 0.5) is 0 Å². The van der Waals surface area contributed by atoms with Gasteiger partial charge in [-0.1, -0.05) is 36.4 Å². The fourth-order valence-electron chi connectivity index (χ4n) is 24.2. The predicted molar refractivity (Wildman–Crippen MR) is 306 cm³/mol. The Labute approximate surface area is 384 Å². The van der Waals surface area contributed by atoms with Crippen molar-refractivity contribution in [3.05, 3.63) is 42.5 Å². The van der Waals surface area contributed by atoms with Crippen LogP contribution in [0.15, 0.2) is 42.5 Å². The third-order valence-electron chi connectivity index (χ3n) is 24.7. The van der Waals surface area contributed by atoms with Crippen LogP contribution in [0.3, 0.4) is 0 Å². The van der Waals surface area contributed by atoms with Crippen LogP contribution in [0.25, 0.3) is 340 Å². The molecule has 0 spiro atoms. The summed E-state index contributed by atoms with van der Waals surface area (Å²) in [4.78, 5) is 0. The predicted octanol–water partition coefficient (Wildman–Crippen LogP) is 20.2. The van der Waals surface area contributed by atoms with Gasteiger partial charge in [-0.15, -0.1) is 0 Å². The molecule has 292 valence electrons. The summed E-state index contributed by atoms with van der Waals surface area (Å²) >= 11 is 0. The van der Waals surface area contributed by atoms with Crippen molar-refractivity contribution in [2.24, 2.45) is 0 Å². The number of aromatic nitrogens is 1. The molecule has 33 aromatic rings. The highest BCUT2D eigenvalue weighted by Gasteiger charge is 2.51. The molecule has 71 heavy (non-hydrogen) atoms. The van der Waals surface area contributed by atoms with E-state index in [-0.39, 0.29) is 0 Å². The summed E-state index contributed by atoms with van der Waals surface area (Å²) in [5.74, 6) is 0. The fourth-order valence-corrected chi connectivity index (χ4v) is 24.2. The maximum absolute atomic E-state index is 2.96. The first kappa shape index (κ1) is 25.9. The molecule has 0 aliphatic rings. The Bertz CT molecular complexity index is 7450. The zero-order valence-corrected chi connectivity index (χ0v) is 36.0. The lowest BCUT2D eigenvalue weighted by atomic mass is 9.84. The highest BCUT2D eigenvalue weighted by molar-refractivity contribution is 6.84. The zero-order valence-electron chi connectivity index (χ0n) is 36.0. The summed E-state index contributed by atoms with van der Waals surface area (Å²) < 4.78 is 2.96. The normalized spacial score (nSPS) is 17.0. The van der Waals surface area contributed by atoms with Gasteiger partial charge in [0.15, 0.2) is 0 Å². The molecule has 0 bridgehead atoms. The Kier molecular flexibility index (Phi) is 2.19. The van der Waals surface area contributed by atoms with Gasteiger partial charge in [0.1, 0.15) is 0 Å². The van der Waals surface area contributed by atoms with E-state index in [1.807, 2.05) is 0 Å². The largest absolute Gasteiger partial charge is 0.307 e. The Morgan fingerprint density at radius 1 is 0.155 bits per heavy atom. The van der Waals surface area contributed by atoms with Gasteiger partial charge in [-0.2, -0.15) is 0 Å². The number of hydrogen-bond donors (Lipinski definition) is 0. The van der Waals surface area contributed by atoms with Crippen LogP contribution >= 0.6 is 0 Å². The molecular formula is C70H7N. The number of hydrogen-bond acceptors (Lipinski definition) is 0. The van der Waals surface area contributed by atoms with Gasteiger partial charge in [-0.3, -0.25) is 0 Å². The number of nitrogens with zero attached hydrogens (tertiary/aromatic N) is 1. The Morgan fingerprint density at radius 2 is 0.324 bits per heavy atom. The summed E-state index contributed by atoms with van der Waals surface area (Å²) in [6, 6.07) is 16.6. The summed E-state index contributed by atoms with van der Waals surface area (Å²) in [6.45, 7) is 0. The van der Waals surface area contributed by atoms with E-state index in [1.54, 1.807) is 312 Å². The van der Waals surface area contributed by atoms with E-state index in [9.17, 15) is 0 Å². The van der Waals surface area contributed by atoms with Crippen LogP contribution in [0.2, 0.25) is 0 Å². The topological polar surface area (TPSA) is 4.93 Å². The minimum absolute atomic E-state index is 1.33. The van der Waals surface area contributed by atoms with E-state index in [1.165, 1.54) is 27.5 Å². The smallest absolute Gasteiger partial charge is 0.0633 e. The van der Waals surface area contributed by atoms with E-state index >= 15 is 0 Å². The molecule has 1 heteroatoms. The SMILES string of the molecule is c1ccc2c(-n3c4c5c6c7c8c9c%10c%11c%12c%13c%14c%11c%11c9c9c%15c%11c%11c%14c%14c%16c%13c%13c%17c%12c%12c%10c8c8c%10c%12c%17c%12c%17c%13c%16c%13c%16c%14c%11c%11c%15c(c5c97)c5c%11c%16c7c%13c%17c9c%12c%10c(c86)c4c9c7c53)cccc2c1. The average molecular weight is 862 g/mol. The van der Waals surface area contributed by atoms with Gasteiger partial charge in [-0.25, -0.2) is 0 Å². The van der Waals surface area contributed by atoms with Crippen molar-refractivity contribution in [1.82, 2.24) is 4.57 Å². The number of fused-ring (bicyclic) bond motifs is 6. The van der Waals surface area contributed by atoms with Crippen molar-refractivity contribution in [2.45, 2.75) is 0 Å². The van der Waals surface area contributed by atoms with E-state index in [2.05, 4.69) is 47.0 Å². The molecule has 0 fully saturated rings. The van der Waals surface area contributed by atoms with Gasteiger partial charge in [0.05, 0.1) is 16.7 Å². The zero-order chi connectivity index (χ0) is 41.9. The minimum Gasteiger partial charge on any atom is -0.307 e. The van der Waals surface area contributed by atoms with Crippen LogP contribution in [-0.4, -0.2) is 4.57 Å². The third kappa shape index (κ3) is 1.45. The van der Waals surface area contributed by atoms with Crippen molar-refractivity contribution in [3.63, 3.8) is 0 Å². The second-order valence-corrected chi connectivity index (χ2v) is 25.3. The Morgan fingerprint density at radius 3 is 0.549 bits per heavy atom. The summed E-state index contributed by atoms with van der Waals surface area (Å²) in [5.41, 5.74) is 4.35. The van der Waals surface area contributed by atoms with E-state index in [0.29, 0.717) is 0 Å². The van der Waals surface area contributed by atoms with Crippen molar-refractivity contribution >= 4 is 334 Å². The molecule has 0 saturated carbocycles. The fraction of sp³-hybridized carbons (Fsp3) is 0. The molecule has 0 atom stereocenters. The molecule has 33 rings (SSSR count). The monoisotopic (exact) mass is 861 g/mol. The first-order valence-electron chi connectivity index (χ1n) is 26.2. The van der Waals surface area contributed by atoms with Crippen molar-refractivity contribution < 1.29 is 0 Å². The van der Waals surface area contributed by atoms with Gasteiger partial charge in [-0.05, 0) is 11.5 Å². The van der Waals surface area contributed by atoms with Gasteiger partial charge >= 0.3 is 0 Å². The maximum atomic E-state index is 2.96. The maximum Gasteiger partial charge on any atom is 0.0633 e. The molecule has 1 heterocycles. The summed E-state index contributed by atoms with van der Waals surface area (Å²) in [5, 5.41) is 97.1. The molecule has 0 radical (unpaired) electrons. The van der Waals surface area contributed by atoms with Crippen molar-refractivity contribution in [3.8, 4) is 5.69 Å². The van der Waals surface area contributed by atoms with Crippen LogP contribution < -0.4 is 0 Å². The number of rotatable bonds is 1.